The Labute approximate surface area is 142 Å². The number of nitrogens with one attached hydrogen (secondary N) is 1. The Morgan fingerprint density at radius 2 is 2.00 bits per heavy atom. The Bertz CT molecular complexity index is 620. The van der Waals surface area contributed by atoms with Crippen molar-refractivity contribution in [2.75, 3.05) is 12.3 Å². The minimum absolute atomic E-state index is 0.0424. The quantitative estimate of drug-likeness (QED) is 0.617. The Balaban J connectivity index is 1.96. The first kappa shape index (κ1) is 17.1. The number of nitrogens with zero attached hydrogens (tertiary/aromatic N) is 1. The highest BCUT2D eigenvalue weighted by Gasteiger charge is 2.29. The number of halogens is 3. The van der Waals surface area contributed by atoms with Crippen molar-refractivity contribution in [2.45, 2.75) is 25.8 Å². The van der Waals surface area contributed by atoms with Crippen LogP contribution in [-0.4, -0.2) is 29.5 Å². The van der Waals surface area contributed by atoms with E-state index in [1.54, 1.807) is 0 Å². The number of anilines is 1. The molecule has 1 heterocycles. The molecule has 1 fully saturated rings. The molecule has 0 radical (unpaired) electrons. The van der Waals surface area contributed by atoms with Crippen LogP contribution in [0.15, 0.2) is 0 Å². The zero-order valence-corrected chi connectivity index (χ0v) is 13.9. The number of esters is 1. The molecule has 0 saturated heterocycles. The number of pyridine rings is 1. The topological polar surface area (TPSA) is 94.3 Å². The Morgan fingerprint density at radius 1 is 1.36 bits per heavy atom. The van der Waals surface area contributed by atoms with Crippen molar-refractivity contribution in [1.29, 1.82) is 0 Å². The molecule has 1 saturated carbocycles. The van der Waals surface area contributed by atoms with Gasteiger partial charge in [0.2, 0.25) is 0 Å². The largest absolute Gasteiger partial charge is 0.451 e. The predicted molar refractivity (Wildman–Crippen MR) is 84.3 cm³/mol. The molecule has 1 aromatic heterocycles. The molecule has 1 atom stereocenters. The lowest BCUT2D eigenvalue weighted by Crippen LogP contribution is -2.37. The molecule has 0 spiro atoms. The highest BCUT2D eigenvalue weighted by molar-refractivity contribution is 6.46. The minimum Gasteiger partial charge on any atom is -0.451 e. The lowest BCUT2D eigenvalue weighted by molar-refractivity contribution is -0.125. The van der Waals surface area contributed by atoms with Gasteiger partial charge in [0.25, 0.3) is 5.91 Å². The van der Waals surface area contributed by atoms with Gasteiger partial charge in [-0.1, -0.05) is 34.8 Å². The van der Waals surface area contributed by atoms with Crippen LogP contribution in [0.3, 0.4) is 0 Å². The number of hydrogen-bond acceptors (Lipinski definition) is 5. The Kier molecular flexibility index (Phi) is 5.36. The third kappa shape index (κ3) is 3.94. The van der Waals surface area contributed by atoms with E-state index in [-0.39, 0.29) is 32.6 Å². The van der Waals surface area contributed by atoms with E-state index in [1.807, 2.05) is 6.92 Å². The van der Waals surface area contributed by atoms with Crippen molar-refractivity contribution in [3.63, 3.8) is 0 Å². The number of nitrogen functional groups attached to an aromatic ring is 1. The van der Waals surface area contributed by atoms with E-state index in [4.69, 9.17) is 45.3 Å². The summed E-state index contributed by atoms with van der Waals surface area (Å²) in [7, 11) is 0. The third-order valence-electron chi connectivity index (χ3n) is 3.32. The van der Waals surface area contributed by atoms with E-state index in [1.165, 1.54) is 0 Å². The van der Waals surface area contributed by atoms with Gasteiger partial charge in [0.15, 0.2) is 17.5 Å². The molecule has 6 nitrogen and oxygen atoms in total. The van der Waals surface area contributed by atoms with Crippen LogP contribution in [0.25, 0.3) is 0 Å². The maximum atomic E-state index is 11.9. The molecule has 9 heteroatoms. The molecule has 3 N–H and O–H groups in total. The molecule has 0 aliphatic heterocycles. The van der Waals surface area contributed by atoms with E-state index < -0.39 is 18.5 Å². The van der Waals surface area contributed by atoms with Gasteiger partial charge in [-0.3, -0.25) is 4.79 Å². The van der Waals surface area contributed by atoms with Crippen molar-refractivity contribution in [3.05, 3.63) is 20.9 Å². The molecule has 2 rings (SSSR count). The normalized spacial score (nSPS) is 15.3. The summed E-state index contributed by atoms with van der Waals surface area (Å²) in [5, 5.41) is 2.39. The summed E-state index contributed by atoms with van der Waals surface area (Å²) < 4.78 is 4.87. The van der Waals surface area contributed by atoms with Gasteiger partial charge in [-0.15, -0.1) is 0 Å². The Morgan fingerprint density at radius 3 is 2.59 bits per heavy atom. The van der Waals surface area contributed by atoms with Crippen LogP contribution in [0, 0.1) is 5.92 Å². The maximum absolute atomic E-state index is 11.9. The molecule has 1 aromatic rings. The van der Waals surface area contributed by atoms with E-state index in [2.05, 4.69) is 10.3 Å². The summed E-state index contributed by atoms with van der Waals surface area (Å²) >= 11 is 17.4. The molecule has 0 bridgehead atoms. The average Bonchev–Trinajstić information content (AvgIpc) is 3.31. The van der Waals surface area contributed by atoms with Gasteiger partial charge in [-0.05, 0) is 25.7 Å². The summed E-state index contributed by atoms with van der Waals surface area (Å²) in [5.74, 6) is -0.785. The number of hydrogen-bond donors (Lipinski definition) is 2. The molecular weight excluding hydrogens is 353 g/mol. The Hall–Kier alpha value is -1.24. The molecule has 1 aliphatic carbocycles. The van der Waals surface area contributed by atoms with Crippen LogP contribution < -0.4 is 11.1 Å². The lowest BCUT2D eigenvalue weighted by Gasteiger charge is -2.13. The van der Waals surface area contributed by atoms with E-state index in [9.17, 15) is 9.59 Å². The number of carbonyl (C=O) groups is 2. The van der Waals surface area contributed by atoms with Crippen molar-refractivity contribution in [3.8, 4) is 0 Å². The first-order chi connectivity index (χ1) is 10.3. The van der Waals surface area contributed by atoms with Crippen LogP contribution in [0.2, 0.25) is 15.2 Å². The summed E-state index contributed by atoms with van der Waals surface area (Å²) in [6.45, 7) is 1.48. The van der Waals surface area contributed by atoms with Crippen LogP contribution in [0.4, 0.5) is 5.69 Å². The summed E-state index contributed by atoms with van der Waals surface area (Å²) in [5.41, 5.74) is 5.26. The van der Waals surface area contributed by atoms with E-state index in [0.717, 1.165) is 12.8 Å². The summed E-state index contributed by atoms with van der Waals surface area (Å²) in [4.78, 5) is 27.3. The average molecular weight is 367 g/mol. The third-order valence-corrected chi connectivity index (χ3v) is 4.45. The first-order valence-corrected chi connectivity index (χ1v) is 7.71. The van der Waals surface area contributed by atoms with Gasteiger partial charge < -0.3 is 15.8 Å². The number of nitrogens with two attached hydrogens (primary N) is 1. The lowest BCUT2D eigenvalue weighted by atomic mass is 10.2. The van der Waals surface area contributed by atoms with Gasteiger partial charge in [0.05, 0.1) is 10.7 Å². The number of ether oxygens (including phenoxy) is 1. The second kappa shape index (κ2) is 6.89. The highest BCUT2D eigenvalue weighted by atomic mass is 35.5. The van der Waals surface area contributed by atoms with E-state index in [0.29, 0.717) is 5.92 Å². The summed E-state index contributed by atoms with van der Waals surface area (Å²) in [6, 6.07) is 0.0635. The molecule has 0 aromatic carbocycles. The van der Waals surface area contributed by atoms with Crippen LogP contribution in [0.1, 0.15) is 30.3 Å². The SMILES string of the molecule is C[C@@H](NC(=O)COC(=O)c1nc(Cl)c(Cl)c(N)c1Cl)C1CC1. The van der Waals surface area contributed by atoms with Crippen molar-refractivity contribution < 1.29 is 14.3 Å². The van der Waals surface area contributed by atoms with Crippen LogP contribution in [0.5, 0.6) is 0 Å². The smallest absolute Gasteiger partial charge is 0.359 e. The van der Waals surface area contributed by atoms with E-state index >= 15 is 0 Å². The van der Waals surface area contributed by atoms with Gasteiger partial charge >= 0.3 is 5.97 Å². The molecular formula is C13H14Cl3N3O3. The van der Waals surface area contributed by atoms with Crippen molar-refractivity contribution in [2.24, 2.45) is 5.92 Å². The number of carbonyl (C=O) groups excluding carboxylic acids is 2. The molecule has 120 valence electrons. The number of aromatic nitrogens is 1. The summed E-state index contributed by atoms with van der Waals surface area (Å²) in [6.07, 6.45) is 2.20. The fourth-order valence-corrected chi connectivity index (χ4v) is 2.46. The van der Waals surface area contributed by atoms with Crippen molar-refractivity contribution >= 4 is 52.4 Å². The minimum atomic E-state index is -0.899. The van der Waals surface area contributed by atoms with Gasteiger partial charge in [0.1, 0.15) is 5.02 Å². The van der Waals surface area contributed by atoms with Crippen molar-refractivity contribution in [1.82, 2.24) is 10.3 Å². The first-order valence-electron chi connectivity index (χ1n) is 6.57. The standard InChI is InChI=1S/C13H14Cl3N3O3/c1-5(6-2-3-6)18-7(20)4-22-13(21)11-8(14)10(17)9(15)12(16)19-11/h5-6H,2-4H2,1H3,(H2,17,19)(H,18,20)/t5-/m1/s1. The predicted octanol–water partition coefficient (Wildman–Crippen LogP) is 2.70. The zero-order chi connectivity index (χ0) is 16.4. The fraction of sp³-hybridized carbons (Fsp3) is 0.462. The van der Waals surface area contributed by atoms with Crippen LogP contribution in [-0.2, 0) is 9.53 Å². The second-order valence-corrected chi connectivity index (χ2v) is 6.18. The number of amides is 1. The monoisotopic (exact) mass is 365 g/mol. The molecule has 1 aliphatic rings. The zero-order valence-electron chi connectivity index (χ0n) is 11.7. The van der Waals surface area contributed by atoms with Gasteiger partial charge in [-0.25, -0.2) is 9.78 Å². The number of rotatable bonds is 5. The molecule has 1 amide bonds. The van der Waals surface area contributed by atoms with Gasteiger partial charge in [0, 0.05) is 6.04 Å². The highest BCUT2D eigenvalue weighted by Crippen LogP contribution is 2.34. The second-order valence-electron chi connectivity index (χ2n) is 5.06. The maximum Gasteiger partial charge on any atom is 0.359 e. The van der Waals surface area contributed by atoms with Crippen LogP contribution >= 0.6 is 34.8 Å². The molecule has 0 unspecified atom stereocenters. The fourth-order valence-electron chi connectivity index (χ4n) is 1.88. The molecule has 22 heavy (non-hydrogen) atoms. The van der Waals surface area contributed by atoms with Gasteiger partial charge in [-0.2, -0.15) is 0 Å².